The third-order valence-electron chi connectivity index (χ3n) is 1.55. The van der Waals surface area contributed by atoms with E-state index in [1.54, 1.807) is 35.3 Å². The average Bonchev–Trinajstić information content (AvgIpc) is 2.30. The van der Waals surface area contributed by atoms with Gasteiger partial charge in [-0.2, -0.15) is 0 Å². The first-order valence-electron chi connectivity index (χ1n) is 5.60. The first-order chi connectivity index (χ1) is 8.18. The Labute approximate surface area is 123 Å². The van der Waals surface area contributed by atoms with E-state index in [0.29, 0.717) is 0 Å². The molecule has 0 bridgehead atoms. The van der Waals surface area contributed by atoms with E-state index in [-0.39, 0.29) is 0 Å². The Morgan fingerprint density at radius 1 is 0.706 bits per heavy atom. The predicted molar refractivity (Wildman–Crippen MR) is 89.3 cm³/mol. The third-order valence-corrected chi connectivity index (χ3v) is 10.1. The second-order valence-electron chi connectivity index (χ2n) is 3.11. The summed E-state index contributed by atoms with van der Waals surface area (Å²) < 4.78 is 10.1. The van der Waals surface area contributed by atoms with Crippen molar-refractivity contribution in [2.75, 3.05) is 17.3 Å². The van der Waals surface area contributed by atoms with Crippen LogP contribution in [0.5, 0.6) is 0 Å². The Morgan fingerprint density at radius 2 is 1.00 bits per heavy atom. The molecule has 0 saturated heterocycles. The van der Waals surface area contributed by atoms with Crippen LogP contribution in [0.1, 0.15) is 20.8 Å². The summed E-state index contributed by atoms with van der Waals surface area (Å²) >= 11 is 2.19. The van der Waals surface area contributed by atoms with Crippen LogP contribution in [0.3, 0.4) is 0 Å². The second-order valence-corrected chi connectivity index (χ2v) is 14.9. The SMILES string of the molecule is CCSC#[C][Sn]([CH3])([C]#CSCC)[C]#CSCC. The van der Waals surface area contributed by atoms with Crippen LogP contribution in [-0.2, 0) is 0 Å². The maximum absolute atomic E-state index is 3.36. The fraction of sp³-hybridized carbons (Fsp3) is 0.538. The topological polar surface area (TPSA) is 0 Å². The van der Waals surface area contributed by atoms with Crippen LogP contribution in [0, 0.1) is 27.6 Å². The van der Waals surface area contributed by atoms with Crippen molar-refractivity contribution in [3.63, 3.8) is 0 Å². The van der Waals surface area contributed by atoms with Crippen molar-refractivity contribution in [2.45, 2.75) is 25.7 Å². The van der Waals surface area contributed by atoms with Crippen LogP contribution >= 0.6 is 35.3 Å². The summed E-state index contributed by atoms with van der Waals surface area (Å²) in [6, 6.07) is 0. The zero-order valence-corrected chi connectivity index (χ0v) is 16.1. The van der Waals surface area contributed by atoms with E-state index >= 15 is 0 Å². The van der Waals surface area contributed by atoms with E-state index in [9.17, 15) is 0 Å². The van der Waals surface area contributed by atoms with Crippen molar-refractivity contribution in [1.29, 1.82) is 0 Å². The molecule has 0 atom stereocenters. The van der Waals surface area contributed by atoms with E-state index in [4.69, 9.17) is 0 Å². The summed E-state index contributed by atoms with van der Waals surface area (Å²) in [6.45, 7) is 6.34. The van der Waals surface area contributed by atoms with Gasteiger partial charge >= 0.3 is 124 Å². The molecule has 0 N–H and O–H groups in total. The van der Waals surface area contributed by atoms with E-state index < -0.39 is 18.4 Å². The van der Waals surface area contributed by atoms with Gasteiger partial charge in [0.1, 0.15) is 0 Å². The summed E-state index contributed by atoms with van der Waals surface area (Å²) in [4.78, 5) is 2.20. The summed E-state index contributed by atoms with van der Waals surface area (Å²) in [6.07, 6.45) is 0. The molecule has 0 radical (unpaired) electrons. The van der Waals surface area contributed by atoms with E-state index in [1.807, 2.05) is 0 Å². The summed E-state index contributed by atoms with van der Waals surface area (Å²) in [5, 5.41) is 9.50. The van der Waals surface area contributed by atoms with Gasteiger partial charge < -0.3 is 0 Å². The van der Waals surface area contributed by atoms with Crippen molar-refractivity contribution in [3.05, 3.63) is 0 Å². The molecule has 0 fully saturated rings. The molecule has 0 aromatic rings. The molecule has 17 heavy (non-hydrogen) atoms. The number of hydrogen-bond donors (Lipinski definition) is 0. The van der Waals surface area contributed by atoms with Crippen LogP contribution in [-0.4, -0.2) is 35.6 Å². The first-order valence-corrected chi connectivity index (χ1v) is 15.7. The Hall–Kier alpha value is 0.529. The minimum absolute atomic E-state index is 1.03. The zero-order chi connectivity index (χ0) is 13.0. The van der Waals surface area contributed by atoms with Gasteiger partial charge in [-0.3, -0.25) is 0 Å². The molecule has 0 unspecified atom stereocenters. The Morgan fingerprint density at radius 3 is 1.24 bits per heavy atom. The van der Waals surface area contributed by atoms with E-state index in [0.717, 1.165) is 17.3 Å². The van der Waals surface area contributed by atoms with Gasteiger partial charge in [-0.1, -0.05) is 0 Å². The fourth-order valence-electron chi connectivity index (χ4n) is 0.725. The maximum atomic E-state index is 3.36. The van der Waals surface area contributed by atoms with Crippen molar-refractivity contribution in [3.8, 4) is 27.6 Å². The molecule has 0 amide bonds. The zero-order valence-electron chi connectivity index (χ0n) is 10.8. The van der Waals surface area contributed by atoms with Gasteiger partial charge in [-0.25, -0.2) is 0 Å². The number of hydrogen-bond acceptors (Lipinski definition) is 3. The molecular weight excluding hydrogens is 371 g/mol. The van der Waals surface area contributed by atoms with Crippen LogP contribution in [0.15, 0.2) is 0 Å². The average molecular weight is 389 g/mol. The van der Waals surface area contributed by atoms with Gasteiger partial charge in [0.2, 0.25) is 0 Å². The van der Waals surface area contributed by atoms with Crippen molar-refractivity contribution in [2.24, 2.45) is 0 Å². The van der Waals surface area contributed by atoms with Crippen LogP contribution in [0.25, 0.3) is 0 Å². The van der Waals surface area contributed by atoms with Crippen molar-refractivity contribution in [1.82, 2.24) is 0 Å². The fourth-order valence-corrected chi connectivity index (χ4v) is 9.62. The van der Waals surface area contributed by atoms with Crippen LogP contribution in [0.2, 0.25) is 4.94 Å². The molecule has 0 rings (SSSR count). The molecule has 0 heterocycles. The molecule has 0 aromatic heterocycles. The van der Waals surface area contributed by atoms with Crippen LogP contribution in [0.4, 0.5) is 0 Å². The van der Waals surface area contributed by atoms with Crippen LogP contribution < -0.4 is 0 Å². The second kappa shape index (κ2) is 11.6. The molecule has 92 valence electrons. The normalized spacial score (nSPS) is 9.18. The monoisotopic (exact) mass is 390 g/mol. The van der Waals surface area contributed by atoms with Gasteiger partial charge in [-0.15, -0.1) is 0 Å². The predicted octanol–water partition coefficient (Wildman–Crippen LogP) is 3.82. The van der Waals surface area contributed by atoms with Gasteiger partial charge in [0.25, 0.3) is 0 Å². The van der Waals surface area contributed by atoms with Gasteiger partial charge in [0.15, 0.2) is 0 Å². The first kappa shape index (κ1) is 17.5. The standard InChI is InChI=1S/3C4H5S.CH3.Sn/c3*1-3-5-4-2;;/h3*3H2,1H3;1H3;. The molecule has 0 aromatic carbocycles. The summed E-state index contributed by atoms with van der Waals surface area (Å²) in [5.74, 6) is 3.09. The summed E-state index contributed by atoms with van der Waals surface area (Å²) in [5.41, 5.74) is 0. The van der Waals surface area contributed by atoms with E-state index in [2.05, 4.69) is 53.3 Å². The minimum atomic E-state index is -2.78. The quantitative estimate of drug-likeness (QED) is 0.532. The molecule has 0 aliphatic rings. The van der Waals surface area contributed by atoms with Crippen molar-refractivity contribution >= 4 is 53.7 Å². The molecular formula is C13H18S3Sn. The molecule has 0 nitrogen and oxygen atoms in total. The molecule has 4 heteroatoms. The van der Waals surface area contributed by atoms with Gasteiger partial charge in [-0.05, 0) is 0 Å². The molecule has 0 aliphatic carbocycles. The van der Waals surface area contributed by atoms with E-state index in [1.165, 1.54) is 0 Å². The molecule has 0 spiro atoms. The van der Waals surface area contributed by atoms with Gasteiger partial charge in [0.05, 0.1) is 0 Å². The van der Waals surface area contributed by atoms with Gasteiger partial charge in [0, 0.05) is 0 Å². The third kappa shape index (κ3) is 10.2. The Bertz CT molecular complexity index is 324. The Balaban J connectivity index is 4.79. The molecule has 0 saturated carbocycles. The van der Waals surface area contributed by atoms with Crippen molar-refractivity contribution < 1.29 is 0 Å². The number of rotatable bonds is 3. The summed E-state index contributed by atoms with van der Waals surface area (Å²) in [7, 11) is 0. The Kier molecular flexibility index (Phi) is 12.0. The molecule has 0 aliphatic heterocycles. The number of thioether (sulfide) groups is 3.